The molecule has 1 aliphatic rings. The molecular weight excluding hydrogens is 444 g/mol. The van der Waals surface area contributed by atoms with Crippen molar-refractivity contribution in [2.75, 3.05) is 18.5 Å². The van der Waals surface area contributed by atoms with E-state index >= 15 is 0 Å². The van der Waals surface area contributed by atoms with Crippen molar-refractivity contribution in [3.8, 4) is 22.8 Å². The first kappa shape index (κ1) is 18.6. The minimum Gasteiger partial charge on any atom is -0.486 e. The van der Waals surface area contributed by atoms with Crippen molar-refractivity contribution >= 4 is 38.4 Å². The summed E-state index contributed by atoms with van der Waals surface area (Å²) in [5.74, 6) is 1.11. The van der Waals surface area contributed by atoms with E-state index in [0.717, 1.165) is 26.6 Å². The SMILES string of the molecule is O=C(Nc1ccc2c(c1)OCCO2)c1cc(-c2cccc(Br)c2)nc2ccccc12. The quantitative estimate of drug-likeness (QED) is 0.426. The molecule has 4 aromatic rings. The van der Waals surface area contributed by atoms with Gasteiger partial charge < -0.3 is 14.8 Å². The molecule has 2 heterocycles. The van der Waals surface area contributed by atoms with Gasteiger partial charge in [-0.1, -0.05) is 46.3 Å². The van der Waals surface area contributed by atoms with E-state index in [1.54, 1.807) is 6.07 Å². The van der Waals surface area contributed by atoms with E-state index in [-0.39, 0.29) is 5.91 Å². The Morgan fingerprint density at radius 2 is 1.73 bits per heavy atom. The van der Waals surface area contributed by atoms with Crippen LogP contribution in [0.25, 0.3) is 22.2 Å². The predicted molar refractivity (Wildman–Crippen MR) is 120 cm³/mol. The van der Waals surface area contributed by atoms with Crippen LogP contribution in [0.2, 0.25) is 0 Å². The Hall–Kier alpha value is -3.38. The number of halogens is 1. The highest BCUT2D eigenvalue weighted by Gasteiger charge is 2.16. The monoisotopic (exact) mass is 460 g/mol. The van der Waals surface area contributed by atoms with E-state index < -0.39 is 0 Å². The van der Waals surface area contributed by atoms with Gasteiger partial charge in [0.1, 0.15) is 13.2 Å². The molecule has 0 aliphatic carbocycles. The number of anilines is 1. The van der Waals surface area contributed by atoms with E-state index in [4.69, 9.17) is 14.5 Å². The first-order valence-corrected chi connectivity index (χ1v) is 10.3. The predicted octanol–water partition coefficient (Wildman–Crippen LogP) is 5.69. The van der Waals surface area contributed by atoms with Gasteiger partial charge in [0.2, 0.25) is 0 Å². The number of amides is 1. The topological polar surface area (TPSA) is 60.5 Å². The van der Waals surface area contributed by atoms with E-state index in [2.05, 4.69) is 21.2 Å². The summed E-state index contributed by atoms with van der Waals surface area (Å²) in [6.07, 6.45) is 0. The zero-order valence-electron chi connectivity index (χ0n) is 15.9. The number of aromatic nitrogens is 1. The van der Waals surface area contributed by atoms with Crippen LogP contribution in [0.5, 0.6) is 11.5 Å². The number of pyridine rings is 1. The second kappa shape index (κ2) is 7.80. The van der Waals surface area contributed by atoms with Crippen molar-refractivity contribution in [3.63, 3.8) is 0 Å². The molecule has 0 radical (unpaired) electrons. The number of fused-ring (bicyclic) bond motifs is 2. The average Bonchev–Trinajstić information content (AvgIpc) is 2.78. The maximum atomic E-state index is 13.2. The molecular formula is C24H17BrN2O3. The first-order chi connectivity index (χ1) is 14.7. The van der Waals surface area contributed by atoms with E-state index in [9.17, 15) is 4.79 Å². The van der Waals surface area contributed by atoms with Crippen molar-refractivity contribution in [2.45, 2.75) is 0 Å². The van der Waals surface area contributed by atoms with Gasteiger partial charge in [0.15, 0.2) is 11.5 Å². The summed E-state index contributed by atoms with van der Waals surface area (Å²) in [4.78, 5) is 18.0. The molecule has 0 spiro atoms. The Balaban J connectivity index is 1.55. The lowest BCUT2D eigenvalue weighted by Crippen LogP contribution is -2.16. The average molecular weight is 461 g/mol. The molecule has 3 aromatic carbocycles. The third-order valence-corrected chi connectivity index (χ3v) is 5.37. The summed E-state index contributed by atoms with van der Waals surface area (Å²) < 4.78 is 12.1. The first-order valence-electron chi connectivity index (χ1n) is 9.54. The van der Waals surface area contributed by atoms with Crippen LogP contribution in [0.4, 0.5) is 5.69 Å². The van der Waals surface area contributed by atoms with Crippen molar-refractivity contribution in [1.82, 2.24) is 4.98 Å². The molecule has 1 aromatic heterocycles. The fourth-order valence-corrected chi connectivity index (χ4v) is 3.88. The second-order valence-corrected chi connectivity index (χ2v) is 7.81. The Bertz CT molecular complexity index is 1270. The summed E-state index contributed by atoms with van der Waals surface area (Å²) in [7, 11) is 0. The smallest absolute Gasteiger partial charge is 0.256 e. The van der Waals surface area contributed by atoms with Crippen molar-refractivity contribution < 1.29 is 14.3 Å². The molecule has 0 unspecified atom stereocenters. The van der Waals surface area contributed by atoms with Crippen molar-refractivity contribution in [2.24, 2.45) is 0 Å². The van der Waals surface area contributed by atoms with Gasteiger partial charge in [-0.05, 0) is 36.4 Å². The van der Waals surface area contributed by atoms with Gasteiger partial charge in [-0.25, -0.2) is 4.98 Å². The highest BCUT2D eigenvalue weighted by Crippen LogP contribution is 2.33. The molecule has 6 heteroatoms. The van der Waals surface area contributed by atoms with E-state index in [1.165, 1.54) is 0 Å². The third kappa shape index (κ3) is 3.62. The van der Waals surface area contributed by atoms with Crippen LogP contribution >= 0.6 is 15.9 Å². The summed E-state index contributed by atoms with van der Waals surface area (Å²) in [6.45, 7) is 1.02. The molecule has 5 nitrogen and oxygen atoms in total. The number of nitrogens with one attached hydrogen (secondary N) is 1. The lowest BCUT2D eigenvalue weighted by atomic mass is 10.0. The molecule has 1 N–H and O–H groups in total. The standard InChI is InChI=1S/C24H17BrN2O3/c25-16-5-3-4-15(12-16)21-14-19(18-6-1-2-7-20(18)27-21)24(28)26-17-8-9-22-23(13-17)30-11-10-29-22/h1-9,12-14H,10-11H2,(H,26,28). The van der Waals surface area contributed by atoms with Crippen LogP contribution in [0, 0.1) is 0 Å². The van der Waals surface area contributed by atoms with Crippen LogP contribution < -0.4 is 14.8 Å². The molecule has 5 rings (SSSR count). The zero-order chi connectivity index (χ0) is 20.5. The Morgan fingerprint density at radius 1 is 0.900 bits per heavy atom. The number of hydrogen-bond acceptors (Lipinski definition) is 4. The van der Waals surface area contributed by atoms with Gasteiger partial charge in [-0.2, -0.15) is 0 Å². The number of rotatable bonds is 3. The molecule has 0 saturated carbocycles. The summed E-state index contributed by atoms with van der Waals surface area (Å²) in [5, 5.41) is 3.78. The normalized spacial score (nSPS) is 12.6. The number of ether oxygens (including phenoxy) is 2. The summed E-state index contributed by atoms with van der Waals surface area (Å²) >= 11 is 3.50. The van der Waals surface area contributed by atoms with Gasteiger partial charge in [-0.3, -0.25) is 4.79 Å². The lowest BCUT2D eigenvalue weighted by Gasteiger charge is -2.19. The molecule has 0 fully saturated rings. The summed E-state index contributed by atoms with van der Waals surface area (Å²) in [5.41, 5.74) is 3.65. The van der Waals surface area contributed by atoms with Gasteiger partial charge in [0, 0.05) is 27.2 Å². The van der Waals surface area contributed by atoms with Crippen LogP contribution in [0.15, 0.2) is 77.3 Å². The fraction of sp³-hybridized carbons (Fsp3) is 0.0833. The Kier molecular flexibility index (Phi) is 4.85. The number of nitrogens with zero attached hydrogens (tertiary/aromatic N) is 1. The zero-order valence-corrected chi connectivity index (χ0v) is 17.5. The lowest BCUT2D eigenvalue weighted by molar-refractivity contribution is 0.102. The highest BCUT2D eigenvalue weighted by atomic mass is 79.9. The maximum absolute atomic E-state index is 13.2. The molecule has 1 amide bonds. The number of para-hydroxylation sites is 1. The molecule has 148 valence electrons. The van der Waals surface area contributed by atoms with Crippen LogP contribution in [-0.4, -0.2) is 24.1 Å². The van der Waals surface area contributed by atoms with Gasteiger partial charge in [-0.15, -0.1) is 0 Å². The van der Waals surface area contributed by atoms with E-state index in [1.807, 2.05) is 66.7 Å². The van der Waals surface area contributed by atoms with E-state index in [0.29, 0.717) is 36.0 Å². The molecule has 1 aliphatic heterocycles. The Labute approximate surface area is 181 Å². The number of carbonyl (C=O) groups excluding carboxylic acids is 1. The molecule has 0 bridgehead atoms. The van der Waals surface area contributed by atoms with Crippen LogP contribution in [0.1, 0.15) is 10.4 Å². The van der Waals surface area contributed by atoms with Crippen molar-refractivity contribution in [3.05, 3.63) is 82.8 Å². The maximum Gasteiger partial charge on any atom is 0.256 e. The number of hydrogen-bond donors (Lipinski definition) is 1. The molecule has 0 atom stereocenters. The number of benzene rings is 3. The van der Waals surface area contributed by atoms with Crippen LogP contribution in [0.3, 0.4) is 0 Å². The third-order valence-electron chi connectivity index (χ3n) is 4.88. The van der Waals surface area contributed by atoms with Gasteiger partial charge in [0.05, 0.1) is 16.8 Å². The minimum atomic E-state index is -0.207. The minimum absolute atomic E-state index is 0.207. The number of carbonyl (C=O) groups is 1. The molecule has 0 saturated heterocycles. The second-order valence-electron chi connectivity index (χ2n) is 6.90. The Morgan fingerprint density at radius 3 is 2.60 bits per heavy atom. The van der Waals surface area contributed by atoms with Gasteiger partial charge >= 0.3 is 0 Å². The summed E-state index contributed by atoms with van der Waals surface area (Å²) in [6, 6.07) is 22.7. The molecule has 30 heavy (non-hydrogen) atoms. The largest absolute Gasteiger partial charge is 0.486 e. The van der Waals surface area contributed by atoms with Crippen molar-refractivity contribution in [1.29, 1.82) is 0 Å². The highest BCUT2D eigenvalue weighted by molar-refractivity contribution is 9.10. The van der Waals surface area contributed by atoms with Gasteiger partial charge in [0.25, 0.3) is 5.91 Å². The van der Waals surface area contributed by atoms with Crippen LogP contribution in [-0.2, 0) is 0 Å². The fourth-order valence-electron chi connectivity index (χ4n) is 3.48.